The minimum Gasteiger partial charge on any atom is -0.462 e. The minimum atomic E-state index is -0.384. The molecule has 0 aliphatic carbocycles. The second-order valence-corrected chi connectivity index (χ2v) is 8.16. The smallest absolute Gasteiger partial charge is 0.341 e. The van der Waals surface area contributed by atoms with Crippen LogP contribution in [0, 0.1) is 0 Å². The number of carbonyl (C=O) groups is 1. The summed E-state index contributed by atoms with van der Waals surface area (Å²) in [7, 11) is 0. The molecule has 0 amide bonds. The van der Waals surface area contributed by atoms with E-state index in [0.29, 0.717) is 23.7 Å². The zero-order chi connectivity index (χ0) is 21.1. The second kappa shape index (κ2) is 8.95. The summed E-state index contributed by atoms with van der Waals surface area (Å²) in [4.78, 5) is 18.2. The summed E-state index contributed by atoms with van der Waals surface area (Å²) in [6, 6.07) is 11.7. The quantitative estimate of drug-likeness (QED) is 0.402. The number of thiophene rings is 1. The van der Waals surface area contributed by atoms with Crippen LogP contribution in [0.2, 0.25) is 5.02 Å². The monoisotopic (exact) mass is 440 g/mol. The van der Waals surface area contributed by atoms with Crippen molar-refractivity contribution >= 4 is 39.8 Å². The van der Waals surface area contributed by atoms with Gasteiger partial charge in [-0.1, -0.05) is 17.7 Å². The molecule has 1 N–H and O–H groups in total. The molecule has 0 bridgehead atoms. The number of fused-ring (bicyclic) bond motifs is 1. The van der Waals surface area contributed by atoms with Crippen molar-refractivity contribution in [3.05, 3.63) is 75.3 Å². The molecular formula is C22H21ClN4O2S. The van der Waals surface area contributed by atoms with Gasteiger partial charge in [-0.05, 0) is 49.6 Å². The number of halogens is 1. The number of nitrogens with one attached hydrogen (secondary N) is 1. The zero-order valence-corrected chi connectivity index (χ0v) is 18.2. The average molecular weight is 441 g/mol. The fraction of sp³-hybridized carbons (Fsp3) is 0.227. The van der Waals surface area contributed by atoms with Crippen LogP contribution >= 0.6 is 22.9 Å². The molecule has 4 rings (SSSR count). The van der Waals surface area contributed by atoms with Crippen LogP contribution in [0.5, 0.6) is 0 Å². The van der Waals surface area contributed by atoms with Crippen molar-refractivity contribution in [3.63, 3.8) is 0 Å². The molecule has 0 saturated carbocycles. The fourth-order valence-corrected chi connectivity index (χ4v) is 4.23. The molecule has 1 atom stereocenters. The number of aromatic nitrogens is 3. The number of benzene rings is 1. The van der Waals surface area contributed by atoms with Crippen LogP contribution in [0.4, 0.5) is 0 Å². The third-order valence-electron chi connectivity index (χ3n) is 4.82. The zero-order valence-electron chi connectivity index (χ0n) is 16.6. The van der Waals surface area contributed by atoms with Gasteiger partial charge < -0.3 is 10.1 Å². The molecule has 1 unspecified atom stereocenters. The van der Waals surface area contributed by atoms with Crippen molar-refractivity contribution in [1.82, 2.24) is 20.1 Å². The lowest BCUT2D eigenvalue weighted by Crippen LogP contribution is -2.21. The standard InChI is InChI=1S/C22H21ClN4O2S/c1-3-29-22(28)17-12-26-27(20(17)13-25-14(2)21-5-4-10-30-21)19-8-9-24-18-11-15(23)6-7-16(18)19/h4-12,14,25H,3,13H2,1-2H3. The molecule has 154 valence electrons. The number of ether oxygens (including phenoxy) is 1. The van der Waals surface area contributed by atoms with E-state index in [2.05, 4.69) is 33.8 Å². The van der Waals surface area contributed by atoms with Crippen LogP contribution in [0.15, 0.2) is 54.2 Å². The molecular weight excluding hydrogens is 420 g/mol. The lowest BCUT2D eigenvalue weighted by Gasteiger charge is -2.15. The first-order chi connectivity index (χ1) is 14.6. The molecule has 0 fully saturated rings. The molecule has 0 aliphatic heterocycles. The van der Waals surface area contributed by atoms with E-state index in [0.717, 1.165) is 22.3 Å². The third kappa shape index (κ3) is 4.09. The second-order valence-electron chi connectivity index (χ2n) is 6.75. The topological polar surface area (TPSA) is 69.0 Å². The molecule has 1 aromatic carbocycles. The highest BCUT2D eigenvalue weighted by molar-refractivity contribution is 7.10. The Morgan fingerprint density at radius 3 is 2.97 bits per heavy atom. The Morgan fingerprint density at radius 1 is 1.33 bits per heavy atom. The predicted octanol–water partition coefficient (Wildman–Crippen LogP) is 5.16. The normalized spacial score (nSPS) is 12.2. The maximum Gasteiger partial charge on any atom is 0.341 e. The number of hydrogen-bond donors (Lipinski definition) is 1. The summed E-state index contributed by atoms with van der Waals surface area (Å²) >= 11 is 7.82. The Balaban J connectivity index is 1.76. The Hall–Kier alpha value is -2.74. The predicted molar refractivity (Wildman–Crippen MR) is 119 cm³/mol. The number of rotatable bonds is 7. The molecule has 30 heavy (non-hydrogen) atoms. The van der Waals surface area contributed by atoms with Gasteiger partial charge in [0.1, 0.15) is 5.56 Å². The first-order valence-corrected chi connectivity index (χ1v) is 10.9. The minimum absolute atomic E-state index is 0.136. The molecule has 0 spiro atoms. The van der Waals surface area contributed by atoms with E-state index >= 15 is 0 Å². The Kier molecular flexibility index (Phi) is 6.13. The number of hydrogen-bond acceptors (Lipinski definition) is 6. The summed E-state index contributed by atoms with van der Waals surface area (Å²) in [6.45, 7) is 4.64. The van der Waals surface area contributed by atoms with Gasteiger partial charge in [0.05, 0.1) is 29.7 Å². The van der Waals surface area contributed by atoms with Gasteiger partial charge in [0.2, 0.25) is 0 Å². The van der Waals surface area contributed by atoms with E-state index in [9.17, 15) is 4.79 Å². The van der Waals surface area contributed by atoms with Gasteiger partial charge in [-0.3, -0.25) is 4.98 Å². The lowest BCUT2D eigenvalue weighted by molar-refractivity contribution is 0.0524. The highest BCUT2D eigenvalue weighted by Crippen LogP contribution is 2.26. The van der Waals surface area contributed by atoms with E-state index in [1.807, 2.05) is 30.3 Å². The highest BCUT2D eigenvalue weighted by Gasteiger charge is 2.21. The molecule has 3 heterocycles. The van der Waals surface area contributed by atoms with Gasteiger partial charge in [0.15, 0.2) is 0 Å². The van der Waals surface area contributed by atoms with Crippen LogP contribution in [0.1, 0.15) is 40.8 Å². The van der Waals surface area contributed by atoms with Gasteiger partial charge in [-0.25, -0.2) is 9.48 Å². The van der Waals surface area contributed by atoms with E-state index in [1.165, 1.54) is 4.88 Å². The van der Waals surface area contributed by atoms with Crippen LogP contribution < -0.4 is 5.32 Å². The third-order valence-corrected chi connectivity index (χ3v) is 6.11. The summed E-state index contributed by atoms with van der Waals surface area (Å²) in [5, 5.41) is 11.6. The van der Waals surface area contributed by atoms with Crippen molar-refractivity contribution in [2.24, 2.45) is 0 Å². The van der Waals surface area contributed by atoms with Crippen molar-refractivity contribution in [1.29, 1.82) is 0 Å². The Morgan fingerprint density at radius 2 is 2.20 bits per heavy atom. The summed E-state index contributed by atoms with van der Waals surface area (Å²) < 4.78 is 7.03. The largest absolute Gasteiger partial charge is 0.462 e. The summed E-state index contributed by atoms with van der Waals surface area (Å²) in [6.07, 6.45) is 3.28. The SMILES string of the molecule is CCOC(=O)c1cnn(-c2ccnc3cc(Cl)ccc23)c1CNC(C)c1cccs1. The number of carbonyl (C=O) groups excluding carboxylic acids is 1. The van der Waals surface area contributed by atoms with Crippen molar-refractivity contribution in [2.75, 3.05) is 6.61 Å². The van der Waals surface area contributed by atoms with Crippen LogP contribution in [0.3, 0.4) is 0 Å². The highest BCUT2D eigenvalue weighted by atomic mass is 35.5. The summed E-state index contributed by atoms with van der Waals surface area (Å²) in [5.41, 5.74) is 2.77. The maximum atomic E-state index is 12.6. The molecule has 3 aromatic heterocycles. The van der Waals surface area contributed by atoms with Crippen molar-refractivity contribution < 1.29 is 9.53 Å². The fourth-order valence-electron chi connectivity index (χ4n) is 3.31. The molecule has 0 saturated heterocycles. The average Bonchev–Trinajstić information content (AvgIpc) is 3.41. The van der Waals surface area contributed by atoms with Gasteiger partial charge in [-0.15, -0.1) is 11.3 Å². The van der Waals surface area contributed by atoms with Crippen molar-refractivity contribution in [3.8, 4) is 5.69 Å². The molecule has 8 heteroatoms. The first kappa shape index (κ1) is 20.5. The first-order valence-electron chi connectivity index (χ1n) is 9.64. The molecule has 4 aromatic rings. The molecule has 6 nitrogen and oxygen atoms in total. The Labute approximate surface area is 183 Å². The van der Waals surface area contributed by atoms with E-state index in [-0.39, 0.29) is 12.0 Å². The maximum absolute atomic E-state index is 12.6. The molecule has 0 aliphatic rings. The lowest BCUT2D eigenvalue weighted by atomic mass is 10.1. The van der Waals surface area contributed by atoms with Crippen LogP contribution in [-0.2, 0) is 11.3 Å². The number of pyridine rings is 1. The number of nitrogens with zero attached hydrogens (tertiary/aromatic N) is 3. The van der Waals surface area contributed by atoms with Crippen LogP contribution in [0.25, 0.3) is 16.6 Å². The van der Waals surface area contributed by atoms with E-state index in [1.54, 1.807) is 35.3 Å². The molecule has 0 radical (unpaired) electrons. The van der Waals surface area contributed by atoms with Gasteiger partial charge in [0.25, 0.3) is 0 Å². The van der Waals surface area contributed by atoms with Gasteiger partial charge >= 0.3 is 5.97 Å². The van der Waals surface area contributed by atoms with E-state index in [4.69, 9.17) is 16.3 Å². The van der Waals surface area contributed by atoms with Crippen molar-refractivity contribution in [2.45, 2.75) is 26.4 Å². The van der Waals surface area contributed by atoms with Gasteiger partial charge in [-0.2, -0.15) is 5.10 Å². The number of esters is 1. The Bertz CT molecular complexity index is 1170. The van der Waals surface area contributed by atoms with Crippen LogP contribution in [-0.4, -0.2) is 27.3 Å². The summed E-state index contributed by atoms with van der Waals surface area (Å²) in [5.74, 6) is -0.384. The van der Waals surface area contributed by atoms with Gasteiger partial charge in [0, 0.05) is 34.1 Å². The van der Waals surface area contributed by atoms with E-state index < -0.39 is 0 Å².